The number of carbonyl (C=O) groups is 2. The van der Waals surface area contributed by atoms with Gasteiger partial charge in [-0.2, -0.15) is 0 Å². The van der Waals surface area contributed by atoms with Crippen LogP contribution in [-0.4, -0.2) is 21.7 Å². The number of rotatable bonds is 7. The summed E-state index contributed by atoms with van der Waals surface area (Å²) < 4.78 is 6.41. The van der Waals surface area contributed by atoms with Crippen molar-refractivity contribution in [2.24, 2.45) is 0 Å². The van der Waals surface area contributed by atoms with Crippen LogP contribution >= 0.6 is 0 Å². The second kappa shape index (κ2) is 10.4. The zero-order chi connectivity index (χ0) is 24.9. The number of nitrogens with zero attached hydrogens (tertiary/aromatic N) is 1. The standard InChI is InChI=1S/C27H30N2O5/c1-18-14-21(15-19-10-12-22(13-11-19)27(2,3)4)24(25(32)29(18)16-23(30)31)28-26(33)34-17-20-8-6-5-7-9-20/h5-14H,15-17H2,1-4H3,(H,28,33)(H,30,31). The summed E-state index contributed by atoms with van der Waals surface area (Å²) in [6, 6.07) is 19.0. The number of aliphatic carboxylic acids is 1. The van der Waals surface area contributed by atoms with E-state index in [4.69, 9.17) is 4.74 Å². The highest BCUT2D eigenvalue weighted by atomic mass is 16.5. The second-order valence-corrected chi connectivity index (χ2v) is 9.28. The van der Waals surface area contributed by atoms with Crippen LogP contribution in [0.2, 0.25) is 0 Å². The molecule has 0 spiro atoms. The average Bonchev–Trinajstić information content (AvgIpc) is 2.78. The maximum absolute atomic E-state index is 13.2. The van der Waals surface area contributed by atoms with Crippen molar-refractivity contribution < 1.29 is 19.4 Å². The van der Waals surface area contributed by atoms with Crippen LogP contribution in [0, 0.1) is 6.92 Å². The van der Waals surface area contributed by atoms with Crippen LogP contribution in [-0.2, 0) is 34.5 Å². The number of pyridine rings is 1. The van der Waals surface area contributed by atoms with Gasteiger partial charge in [0.2, 0.25) is 0 Å². The van der Waals surface area contributed by atoms with Gasteiger partial charge in [-0.05, 0) is 47.1 Å². The molecule has 0 bridgehead atoms. The van der Waals surface area contributed by atoms with Gasteiger partial charge in [0.15, 0.2) is 0 Å². The molecule has 1 heterocycles. The topological polar surface area (TPSA) is 97.6 Å². The fourth-order valence-corrected chi connectivity index (χ4v) is 3.64. The van der Waals surface area contributed by atoms with E-state index in [1.807, 2.05) is 42.5 Å². The van der Waals surface area contributed by atoms with Gasteiger partial charge < -0.3 is 9.84 Å². The minimum Gasteiger partial charge on any atom is -0.480 e. The smallest absolute Gasteiger partial charge is 0.412 e. The Bertz CT molecular complexity index is 1220. The van der Waals surface area contributed by atoms with Crippen LogP contribution in [0.25, 0.3) is 0 Å². The van der Waals surface area contributed by atoms with E-state index < -0.39 is 24.2 Å². The molecule has 1 aromatic heterocycles. The Morgan fingerprint density at radius 1 is 1.00 bits per heavy atom. The number of anilines is 1. The lowest BCUT2D eigenvalue weighted by Gasteiger charge is -2.19. The highest BCUT2D eigenvalue weighted by Crippen LogP contribution is 2.24. The Labute approximate surface area is 199 Å². The molecule has 0 aliphatic rings. The van der Waals surface area contributed by atoms with Crippen LogP contribution in [0.5, 0.6) is 0 Å². The number of hydrogen-bond acceptors (Lipinski definition) is 4. The van der Waals surface area contributed by atoms with Gasteiger partial charge in [0, 0.05) is 5.69 Å². The van der Waals surface area contributed by atoms with Gasteiger partial charge in [-0.1, -0.05) is 75.4 Å². The lowest BCUT2D eigenvalue weighted by atomic mass is 9.86. The van der Waals surface area contributed by atoms with E-state index in [2.05, 4.69) is 38.2 Å². The second-order valence-electron chi connectivity index (χ2n) is 9.28. The van der Waals surface area contributed by atoms with Crippen molar-refractivity contribution >= 4 is 17.7 Å². The number of carboxylic acid groups (broad SMARTS) is 1. The predicted molar refractivity (Wildman–Crippen MR) is 131 cm³/mol. The monoisotopic (exact) mass is 462 g/mol. The van der Waals surface area contributed by atoms with Gasteiger partial charge in [0.1, 0.15) is 18.8 Å². The van der Waals surface area contributed by atoms with Gasteiger partial charge in [0.25, 0.3) is 5.56 Å². The molecule has 0 atom stereocenters. The van der Waals surface area contributed by atoms with Crippen LogP contribution in [0.15, 0.2) is 65.5 Å². The Morgan fingerprint density at radius 3 is 2.24 bits per heavy atom. The molecule has 2 aromatic carbocycles. The molecular weight excluding hydrogens is 432 g/mol. The van der Waals surface area contributed by atoms with Crippen molar-refractivity contribution in [3.8, 4) is 0 Å². The quantitative estimate of drug-likeness (QED) is 0.522. The summed E-state index contributed by atoms with van der Waals surface area (Å²) in [4.78, 5) is 37.0. The van der Waals surface area contributed by atoms with Crippen molar-refractivity contribution in [3.05, 3.63) is 99.0 Å². The van der Waals surface area contributed by atoms with E-state index in [-0.39, 0.29) is 17.7 Å². The Morgan fingerprint density at radius 2 is 1.65 bits per heavy atom. The first kappa shape index (κ1) is 24.8. The van der Waals surface area contributed by atoms with Crippen LogP contribution in [0.4, 0.5) is 10.5 Å². The Kier molecular flexibility index (Phi) is 7.56. The van der Waals surface area contributed by atoms with Gasteiger partial charge in [-0.3, -0.25) is 19.5 Å². The lowest BCUT2D eigenvalue weighted by molar-refractivity contribution is -0.137. The molecule has 7 nitrogen and oxygen atoms in total. The molecule has 3 aromatic rings. The summed E-state index contributed by atoms with van der Waals surface area (Å²) in [5.41, 5.74) is 3.49. The number of aromatic nitrogens is 1. The minimum absolute atomic E-state index is 0.0155. The first-order valence-corrected chi connectivity index (χ1v) is 11.1. The maximum atomic E-state index is 13.2. The number of ether oxygens (including phenoxy) is 1. The summed E-state index contributed by atoms with van der Waals surface area (Å²) in [7, 11) is 0. The highest BCUT2D eigenvalue weighted by molar-refractivity contribution is 5.85. The molecule has 0 aliphatic heterocycles. The fourth-order valence-electron chi connectivity index (χ4n) is 3.64. The third kappa shape index (κ3) is 6.34. The van der Waals surface area contributed by atoms with Crippen molar-refractivity contribution in [2.75, 3.05) is 5.32 Å². The van der Waals surface area contributed by atoms with E-state index in [9.17, 15) is 19.5 Å². The Hall–Kier alpha value is -3.87. The summed E-state index contributed by atoms with van der Waals surface area (Å²) >= 11 is 0. The number of nitrogens with one attached hydrogen (secondary N) is 1. The molecule has 0 saturated carbocycles. The van der Waals surface area contributed by atoms with Crippen molar-refractivity contribution in [2.45, 2.75) is 52.7 Å². The van der Waals surface area contributed by atoms with Crippen LogP contribution < -0.4 is 10.9 Å². The van der Waals surface area contributed by atoms with Crippen LogP contribution in [0.3, 0.4) is 0 Å². The summed E-state index contributed by atoms with van der Waals surface area (Å²) in [6.07, 6.45) is -0.390. The molecule has 178 valence electrons. The third-order valence-electron chi connectivity index (χ3n) is 5.54. The van der Waals surface area contributed by atoms with Gasteiger partial charge in [-0.15, -0.1) is 0 Å². The Balaban J connectivity index is 1.90. The number of aryl methyl sites for hydroxylation is 1. The van der Waals surface area contributed by atoms with Gasteiger partial charge in [-0.25, -0.2) is 4.79 Å². The van der Waals surface area contributed by atoms with Crippen molar-refractivity contribution in [1.82, 2.24) is 4.57 Å². The first-order chi connectivity index (χ1) is 16.0. The first-order valence-electron chi connectivity index (χ1n) is 11.1. The molecule has 3 rings (SSSR count). The van der Waals surface area contributed by atoms with Gasteiger partial charge in [0.05, 0.1) is 0 Å². The molecule has 0 unspecified atom stereocenters. The predicted octanol–water partition coefficient (Wildman–Crippen LogP) is 4.88. The third-order valence-corrected chi connectivity index (χ3v) is 5.54. The molecule has 0 saturated heterocycles. The number of carbonyl (C=O) groups excluding carboxylic acids is 1. The van der Waals surface area contributed by atoms with E-state index >= 15 is 0 Å². The minimum atomic E-state index is -1.15. The summed E-state index contributed by atoms with van der Waals surface area (Å²) in [5.74, 6) is -1.15. The average molecular weight is 463 g/mol. The number of carboxylic acids is 1. The number of hydrogen-bond donors (Lipinski definition) is 2. The number of benzene rings is 2. The van der Waals surface area contributed by atoms with Crippen molar-refractivity contribution in [1.29, 1.82) is 0 Å². The zero-order valence-corrected chi connectivity index (χ0v) is 19.9. The van der Waals surface area contributed by atoms with E-state index in [1.54, 1.807) is 13.0 Å². The molecule has 0 aliphatic carbocycles. The molecule has 7 heteroatoms. The molecule has 0 fully saturated rings. The summed E-state index contributed by atoms with van der Waals surface area (Å²) in [6.45, 7) is 7.63. The number of amides is 1. The molecule has 34 heavy (non-hydrogen) atoms. The maximum Gasteiger partial charge on any atom is 0.412 e. The lowest BCUT2D eigenvalue weighted by Crippen LogP contribution is -2.31. The highest BCUT2D eigenvalue weighted by Gasteiger charge is 2.19. The normalized spacial score (nSPS) is 11.2. The molecule has 1 amide bonds. The molecule has 0 radical (unpaired) electrons. The molecule has 2 N–H and O–H groups in total. The summed E-state index contributed by atoms with van der Waals surface area (Å²) in [5, 5.41) is 11.8. The van der Waals surface area contributed by atoms with E-state index in [0.29, 0.717) is 17.7 Å². The zero-order valence-electron chi connectivity index (χ0n) is 19.9. The van der Waals surface area contributed by atoms with Gasteiger partial charge >= 0.3 is 12.1 Å². The van der Waals surface area contributed by atoms with Crippen molar-refractivity contribution in [3.63, 3.8) is 0 Å². The fraction of sp³-hybridized carbons (Fsp3) is 0.296. The SMILES string of the molecule is Cc1cc(Cc2ccc(C(C)(C)C)cc2)c(NC(=O)OCc2ccccc2)c(=O)n1CC(=O)O. The van der Waals surface area contributed by atoms with Crippen LogP contribution in [0.1, 0.15) is 48.7 Å². The molecular formula is C27H30N2O5. The van der Waals surface area contributed by atoms with E-state index in [1.165, 1.54) is 5.56 Å². The largest absolute Gasteiger partial charge is 0.480 e. The van der Waals surface area contributed by atoms with E-state index in [0.717, 1.165) is 15.7 Å².